The Balaban J connectivity index is 2.06. The SMILES string of the molecule is CN(C)c1ccc2c(c1)OC(=N)C(C#N)C2C1C=CC=C(F)C1. The third-order valence-electron chi connectivity index (χ3n) is 4.40. The molecule has 0 amide bonds. The molecule has 1 aromatic carbocycles. The number of hydrogen-bond donors (Lipinski definition) is 1. The third-order valence-corrected chi connectivity index (χ3v) is 4.40. The molecule has 3 atom stereocenters. The number of nitrogens with zero attached hydrogens (tertiary/aromatic N) is 2. The average Bonchev–Trinajstić information content (AvgIpc) is 2.52. The van der Waals surface area contributed by atoms with E-state index in [1.165, 1.54) is 6.08 Å². The van der Waals surface area contributed by atoms with Crippen molar-refractivity contribution < 1.29 is 9.13 Å². The Kier molecular flexibility index (Phi) is 3.91. The van der Waals surface area contributed by atoms with Crippen LogP contribution in [0.4, 0.5) is 10.1 Å². The molecule has 0 fully saturated rings. The van der Waals surface area contributed by atoms with Crippen LogP contribution in [0.5, 0.6) is 5.75 Å². The van der Waals surface area contributed by atoms with Crippen LogP contribution in [0, 0.1) is 28.6 Å². The van der Waals surface area contributed by atoms with Crippen molar-refractivity contribution >= 4 is 11.6 Å². The van der Waals surface area contributed by atoms with E-state index in [0.717, 1.165) is 11.3 Å². The van der Waals surface area contributed by atoms with E-state index in [2.05, 4.69) is 6.07 Å². The van der Waals surface area contributed by atoms with E-state index in [-0.39, 0.29) is 30.0 Å². The maximum atomic E-state index is 13.7. The topological polar surface area (TPSA) is 60.1 Å². The summed E-state index contributed by atoms with van der Waals surface area (Å²) in [5.74, 6) is -0.807. The molecule has 23 heavy (non-hydrogen) atoms. The summed E-state index contributed by atoms with van der Waals surface area (Å²) in [4.78, 5) is 1.95. The number of hydrogen-bond acceptors (Lipinski definition) is 4. The first-order valence-electron chi connectivity index (χ1n) is 7.51. The molecule has 0 spiro atoms. The molecule has 118 valence electrons. The maximum Gasteiger partial charge on any atom is 0.205 e. The Bertz CT molecular complexity index is 745. The summed E-state index contributed by atoms with van der Waals surface area (Å²) >= 11 is 0. The normalized spacial score (nSPS) is 25.9. The van der Waals surface area contributed by atoms with Gasteiger partial charge in [0.1, 0.15) is 17.5 Å². The van der Waals surface area contributed by atoms with Gasteiger partial charge in [0.25, 0.3) is 0 Å². The summed E-state index contributed by atoms with van der Waals surface area (Å²) in [5, 5.41) is 17.5. The number of nitrogens with one attached hydrogen (secondary N) is 1. The number of allylic oxidation sites excluding steroid dienone is 4. The van der Waals surface area contributed by atoms with Crippen molar-refractivity contribution in [3.63, 3.8) is 0 Å². The van der Waals surface area contributed by atoms with E-state index in [1.54, 1.807) is 6.08 Å². The molecule has 1 N–H and O–H groups in total. The van der Waals surface area contributed by atoms with Crippen LogP contribution in [0.3, 0.4) is 0 Å². The minimum Gasteiger partial charge on any atom is -0.442 e. The zero-order valence-corrected chi connectivity index (χ0v) is 13.1. The molecule has 2 aliphatic rings. The van der Waals surface area contributed by atoms with E-state index in [1.807, 2.05) is 43.3 Å². The maximum absolute atomic E-state index is 13.7. The Morgan fingerprint density at radius 3 is 2.83 bits per heavy atom. The lowest BCUT2D eigenvalue weighted by molar-refractivity contribution is 0.360. The van der Waals surface area contributed by atoms with Crippen LogP contribution < -0.4 is 9.64 Å². The number of anilines is 1. The molecular weight excluding hydrogens is 293 g/mol. The lowest BCUT2D eigenvalue weighted by Gasteiger charge is -2.35. The average molecular weight is 311 g/mol. The first kappa shape index (κ1) is 15.3. The van der Waals surface area contributed by atoms with Crippen molar-refractivity contribution in [1.82, 2.24) is 0 Å². The number of ether oxygens (including phenoxy) is 1. The number of fused-ring (bicyclic) bond motifs is 1. The number of rotatable bonds is 2. The van der Waals surface area contributed by atoms with Crippen molar-refractivity contribution in [1.29, 1.82) is 10.7 Å². The highest BCUT2D eigenvalue weighted by Crippen LogP contribution is 2.46. The van der Waals surface area contributed by atoms with E-state index < -0.39 is 5.92 Å². The van der Waals surface area contributed by atoms with Gasteiger partial charge in [-0.15, -0.1) is 0 Å². The lowest BCUT2D eigenvalue weighted by atomic mass is 9.73. The van der Waals surface area contributed by atoms with Gasteiger partial charge in [0.15, 0.2) is 0 Å². The van der Waals surface area contributed by atoms with Gasteiger partial charge in [0, 0.05) is 43.8 Å². The lowest BCUT2D eigenvalue weighted by Crippen LogP contribution is -2.34. The Morgan fingerprint density at radius 1 is 1.39 bits per heavy atom. The molecule has 1 aliphatic carbocycles. The predicted octanol–water partition coefficient (Wildman–Crippen LogP) is 3.78. The second kappa shape index (κ2) is 5.88. The quantitative estimate of drug-likeness (QED) is 0.904. The van der Waals surface area contributed by atoms with Crippen molar-refractivity contribution in [2.24, 2.45) is 11.8 Å². The third kappa shape index (κ3) is 2.72. The Hall–Kier alpha value is -2.61. The number of benzene rings is 1. The summed E-state index contributed by atoms with van der Waals surface area (Å²) < 4.78 is 19.3. The fraction of sp³-hybridized carbons (Fsp3) is 0.333. The van der Waals surface area contributed by atoms with Crippen LogP contribution >= 0.6 is 0 Å². The second-order valence-electron chi connectivity index (χ2n) is 6.08. The van der Waals surface area contributed by atoms with Gasteiger partial charge in [-0.2, -0.15) is 5.26 Å². The molecule has 5 heteroatoms. The fourth-order valence-corrected chi connectivity index (χ4v) is 3.22. The van der Waals surface area contributed by atoms with Crippen LogP contribution in [0.1, 0.15) is 17.9 Å². The number of halogens is 1. The van der Waals surface area contributed by atoms with Gasteiger partial charge in [0.2, 0.25) is 5.90 Å². The van der Waals surface area contributed by atoms with E-state index >= 15 is 0 Å². The van der Waals surface area contributed by atoms with E-state index in [0.29, 0.717) is 5.75 Å². The standard InChI is InChI=1S/C18H18FN3O/c1-22(2)13-6-7-14-16(9-13)23-18(21)15(10-20)17(14)11-4-3-5-12(19)8-11/h3-7,9,11,15,17,21H,8H2,1-2H3. The van der Waals surface area contributed by atoms with Gasteiger partial charge in [-0.1, -0.05) is 18.2 Å². The summed E-state index contributed by atoms with van der Waals surface area (Å²) in [5.41, 5.74) is 1.82. The van der Waals surface area contributed by atoms with Gasteiger partial charge >= 0.3 is 0 Å². The molecule has 0 aromatic heterocycles. The largest absolute Gasteiger partial charge is 0.442 e. The zero-order chi connectivity index (χ0) is 16.6. The highest BCUT2D eigenvalue weighted by Gasteiger charge is 2.40. The Morgan fingerprint density at radius 2 is 2.17 bits per heavy atom. The van der Waals surface area contributed by atoms with Crippen molar-refractivity contribution in [2.45, 2.75) is 12.3 Å². The minimum absolute atomic E-state index is 0.0655. The summed E-state index contributed by atoms with van der Waals surface area (Å²) in [6, 6.07) is 7.91. The molecule has 0 radical (unpaired) electrons. The van der Waals surface area contributed by atoms with Crippen molar-refractivity contribution in [2.75, 3.05) is 19.0 Å². The molecule has 4 nitrogen and oxygen atoms in total. The first-order chi connectivity index (χ1) is 11.0. The van der Waals surface area contributed by atoms with Gasteiger partial charge in [0.05, 0.1) is 6.07 Å². The first-order valence-corrected chi connectivity index (χ1v) is 7.51. The smallest absolute Gasteiger partial charge is 0.205 e. The van der Waals surface area contributed by atoms with Crippen molar-refractivity contribution in [3.8, 4) is 11.8 Å². The molecule has 3 unspecified atom stereocenters. The van der Waals surface area contributed by atoms with Crippen LogP contribution in [0.25, 0.3) is 0 Å². The zero-order valence-electron chi connectivity index (χ0n) is 13.1. The monoisotopic (exact) mass is 311 g/mol. The summed E-state index contributed by atoms with van der Waals surface area (Å²) in [6.07, 6.45) is 5.30. The minimum atomic E-state index is -0.701. The summed E-state index contributed by atoms with van der Waals surface area (Å²) in [7, 11) is 3.85. The highest BCUT2D eigenvalue weighted by molar-refractivity contribution is 5.84. The van der Waals surface area contributed by atoms with Gasteiger partial charge < -0.3 is 9.64 Å². The highest BCUT2D eigenvalue weighted by atomic mass is 19.1. The van der Waals surface area contributed by atoms with Crippen LogP contribution in [0.15, 0.2) is 42.3 Å². The molecule has 3 rings (SSSR count). The molecule has 0 saturated carbocycles. The van der Waals surface area contributed by atoms with Gasteiger partial charge in [-0.3, -0.25) is 5.41 Å². The fourth-order valence-electron chi connectivity index (χ4n) is 3.22. The van der Waals surface area contributed by atoms with Crippen LogP contribution in [-0.4, -0.2) is 20.0 Å². The second-order valence-corrected chi connectivity index (χ2v) is 6.08. The molecule has 0 bridgehead atoms. The molecular formula is C18H18FN3O. The molecule has 1 aromatic rings. The van der Waals surface area contributed by atoms with Crippen LogP contribution in [-0.2, 0) is 0 Å². The van der Waals surface area contributed by atoms with Crippen LogP contribution in [0.2, 0.25) is 0 Å². The number of nitriles is 1. The van der Waals surface area contributed by atoms with Gasteiger partial charge in [-0.05, 0) is 18.1 Å². The van der Waals surface area contributed by atoms with E-state index in [4.69, 9.17) is 10.1 Å². The molecule has 1 aliphatic heterocycles. The van der Waals surface area contributed by atoms with E-state index in [9.17, 15) is 9.65 Å². The Labute approximate surface area is 135 Å². The molecule has 1 heterocycles. The van der Waals surface area contributed by atoms with Gasteiger partial charge in [-0.25, -0.2) is 4.39 Å². The predicted molar refractivity (Wildman–Crippen MR) is 87.4 cm³/mol. The summed E-state index contributed by atoms with van der Waals surface area (Å²) in [6.45, 7) is 0. The molecule has 0 saturated heterocycles. The van der Waals surface area contributed by atoms with Crippen molar-refractivity contribution in [3.05, 3.63) is 47.8 Å².